The van der Waals surface area contributed by atoms with Gasteiger partial charge in [0.05, 0.1) is 5.56 Å². The summed E-state index contributed by atoms with van der Waals surface area (Å²) in [4.78, 5) is 14.4. The molecule has 11 heavy (non-hydrogen) atoms. The first-order valence-electron chi connectivity index (χ1n) is 2.80. The molecule has 0 aliphatic carbocycles. The van der Waals surface area contributed by atoms with E-state index in [2.05, 4.69) is 4.98 Å². The van der Waals surface area contributed by atoms with Crippen molar-refractivity contribution >= 4 is 17.4 Å². The van der Waals surface area contributed by atoms with E-state index in [1.54, 1.807) is 6.07 Å². The van der Waals surface area contributed by atoms with Gasteiger partial charge in [-0.2, -0.15) is 5.26 Å². The van der Waals surface area contributed by atoms with Crippen LogP contribution in [-0.4, -0.2) is 10.8 Å². The molecule has 0 fully saturated rings. The number of carbonyl (C=O) groups is 1. The van der Waals surface area contributed by atoms with E-state index in [-0.39, 0.29) is 10.7 Å². The molecule has 0 bridgehead atoms. The number of carbonyl (C=O) groups excluding carboxylic acids is 1. The van der Waals surface area contributed by atoms with Crippen LogP contribution in [0.5, 0.6) is 0 Å². The van der Waals surface area contributed by atoms with Crippen LogP contribution in [-0.2, 0) is 0 Å². The fourth-order valence-corrected chi connectivity index (χ4v) is 0.821. The van der Waals surface area contributed by atoms with Crippen molar-refractivity contribution in [3.05, 3.63) is 29.0 Å². The van der Waals surface area contributed by atoms with E-state index in [0.29, 0.717) is 0 Å². The molecule has 0 radical (unpaired) electrons. The highest BCUT2D eigenvalue weighted by Crippen LogP contribution is 2.11. The summed E-state index contributed by atoms with van der Waals surface area (Å²) in [6, 6.07) is 4.47. The van der Waals surface area contributed by atoms with Crippen LogP contribution < -0.4 is 0 Å². The van der Waals surface area contributed by atoms with Gasteiger partial charge >= 0.3 is 0 Å². The summed E-state index contributed by atoms with van der Waals surface area (Å²) in [5.41, 5.74) is 0.150. The van der Waals surface area contributed by atoms with Crippen LogP contribution in [0.3, 0.4) is 0 Å². The molecule has 0 N–H and O–H groups in total. The highest BCUT2D eigenvalue weighted by atomic mass is 35.5. The molecule has 1 aromatic rings. The van der Waals surface area contributed by atoms with Crippen LogP contribution >= 0.6 is 11.6 Å². The van der Waals surface area contributed by atoms with Crippen LogP contribution in [0.25, 0.3) is 0 Å². The maximum atomic E-state index is 10.7. The number of aromatic nitrogens is 1. The Kier molecular flexibility index (Phi) is 2.19. The van der Waals surface area contributed by atoms with E-state index in [0.717, 1.165) is 0 Å². The predicted octanol–water partition coefficient (Wildman–Crippen LogP) is 1.44. The van der Waals surface area contributed by atoms with Crippen molar-refractivity contribution < 1.29 is 4.79 Å². The Morgan fingerprint density at radius 2 is 2.45 bits per heavy atom. The zero-order valence-corrected chi connectivity index (χ0v) is 6.17. The van der Waals surface area contributed by atoms with Gasteiger partial charge in [-0.15, -0.1) is 0 Å². The fraction of sp³-hybridized carbons (Fsp3) is 0. The van der Waals surface area contributed by atoms with Gasteiger partial charge in [-0.1, -0.05) is 11.6 Å². The van der Waals surface area contributed by atoms with Crippen LogP contribution in [0, 0.1) is 11.3 Å². The van der Waals surface area contributed by atoms with Crippen molar-refractivity contribution in [3.63, 3.8) is 0 Å². The van der Waals surface area contributed by atoms with E-state index in [1.807, 2.05) is 0 Å². The van der Waals surface area contributed by atoms with Crippen LogP contribution in [0.4, 0.5) is 0 Å². The third-order valence-corrected chi connectivity index (χ3v) is 1.41. The van der Waals surface area contributed by atoms with Crippen molar-refractivity contribution in [3.8, 4) is 6.07 Å². The zero-order chi connectivity index (χ0) is 8.27. The van der Waals surface area contributed by atoms with Crippen molar-refractivity contribution in [2.24, 2.45) is 0 Å². The maximum Gasteiger partial charge on any atom is 0.265 e. The molecule has 4 heteroatoms. The van der Waals surface area contributed by atoms with Crippen molar-refractivity contribution in [2.75, 3.05) is 0 Å². The van der Waals surface area contributed by atoms with Gasteiger partial charge in [0.1, 0.15) is 11.2 Å². The Hall–Kier alpha value is -1.40. The van der Waals surface area contributed by atoms with E-state index in [1.165, 1.54) is 18.3 Å². The summed E-state index contributed by atoms with van der Waals surface area (Å²) in [7, 11) is 0. The number of ketones is 1. The number of Topliss-reactive ketones (excluding diaryl/α,β-unsaturated/α-hetero) is 1. The first kappa shape index (κ1) is 7.70. The Morgan fingerprint density at radius 1 is 1.73 bits per heavy atom. The molecule has 3 nitrogen and oxygen atoms in total. The topological polar surface area (TPSA) is 53.8 Å². The maximum absolute atomic E-state index is 10.7. The summed E-state index contributed by atoms with van der Waals surface area (Å²) >= 11 is 5.51. The average Bonchev–Trinajstić information content (AvgIpc) is 2.04. The number of nitrogens with zero attached hydrogens (tertiary/aromatic N) is 2. The molecule has 0 aliphatic heterocycles. The molecule has 1 heterocycles. The lowest BCUT2D eigenvalue weighted by Crippen LogP contribution is -1.96. The number of halogens is 1. The van der Waals surface area contributed by atoms with E-state index < -0.39 is 5.78 Å². The van der Waals surface area contributed by atoms with Crippen molar-refractivity contribution in [1.82, 2.24) is 4.98 Å². The van der Waals surface area contributed by atoms with Gasteiger partial charge in [0, 0.05) is 6.20 Å². The van der Waals surface area contributed by atoms with Gasteiger partial charge in [-0.3, -0.25) is 4.79 Å². The Bertz CT molecular complexity index is 329. The molecule has 1 rings (SSSR count). The molecule has 0 unspecified atom stereocenters. The normalized spacial score (nSPS) is 8.73. The third-order valence-electron chi connectivity index (χ3n) is 1.11. The first-order chi connectivity index (χ1) is 5.25. The summed E-state index contributed by atoms with van der Waals surface area (Å²) in [5.74, 6) is -0.664. The minimum Gasteiger partial charge on any atom is -0.277 e. The van der Waals surface area contributed by atoms with Gasteiger partial charge in [0.25, 0.3) is 5.78 Å². The summed E-state index contributed by atoms with van der Waals surface area (Å²) in [6.07, 6.45) is 1.45. The molecule has 0 atom stereocenters. The number of pyridine rings is 1. The molecule has 0 amide bonds. The van der Waals surface area contributed by atoms with Crippen LogP contribution in [0.15, 0.2) is 18.3 Å². The Morgan fingerprint density at radius 3 is 3.00 bits per heavy atom. The van der Waals surface area contributed by atoms with Crippen molar-refractivity contribution in [1.29, 1.82) is 5.26 Å². The number of rotatable bonds is 1. The quantitative estimate of drug-likeness (QED) is 0.360. The van der Waals surface area contributed by atoms with E-state index in [4.69, 9.17) is 16.9 Å². The van der Waals surface area contributed by atoms with Crippen LogP contribution in [0.2, 0.25) is 5.15 Å². The van der Waals surface area contributed by atoms with E-state index >= 15 is 0 Å². The van der Waals surface area contributed by atoms with Gasteiger partial charge in [-0.25, -0.2) is 4.98 Å². The first-order valence-corrected chi connectivity index (χ1v) is 3.18. The smallest absolute Gasteiger partial charge is 0.265 e. The van der Waals surface area contributed by atoms with Gasteiger partial charge < -0.3 is 0 Å². The van der Waals surface area contributed by atoms with Crippen molar-refractivity contribution in [2.45, 2.75) is 0 Å². The second-order valence-electron chi connectivity index (χ2n) is 1.78. The monoisotopic (exact) mass is 166 g/mol. The average molecular weight is 167 g/mol. The van der Waals surface area contributed by atoms with E-state index in [9.17, 15) is 4.79 Å². The Balaban J connectivity index is 3.16. The minimum absolute atomic E-state index is 0.0686. The lowest BCUT2D eigenvalue weighted by atomic mass is 10.2. The number of hydrogen-bond acceptors (Lipinski definition) is 3. The molecule has 0 aromatic carbocycles. The molecular formula is C7H3ClN2O. The van der Waals surface area contributed by atoms with Crippen LogP contribution in [0.1, 0.15) is 10.4 Å². The molecule has 0 saturated carbocycles. The van der Waals surface area contributed by atoms with Gasteiger partial charge in [0.2, 0.25) is 0 Å². The minimum atomic E-state index is -0.664. The predicted molar refractivity (Wildman–Crippen MR) is 39.2 cm³/mol. The molecule has 0 saturated heterocycles. The SMILES string of the molecule is N#CC(=O)c1cccnc1Cl. The third kappa shape index (κ3) is 1.54. The van der Waals surface area contributed by atoms with Gasteiger partial charge in [0.15, 0.2) is 0 Å². The highest BCUT2D eigenvalue weighted by molar-refractivity contribution is 6.33. The lowest BCUT2D eigenvalue weighted by Gasteiger charge is -1.92. The second kappa shape index (κ2) is 3.13. The standard InChI is InChI=1S/C7H3ClN2O/c8-7-5(6(11)4-9)2-1-3-10-7/h1-3H. The summed E-state index contributed by atoms with van der Waals surface area (Å²) in [6.45, 7) is 0. The molecule has 54 valence electrons. The molecule has 0 spiro atoms. The Labute approximate surface area is 68.2 Å². The highest BCUT2D eigenvalue weighted by Gasteiger charge is 2.08. The molecule has 1 aromatic heterocycles. The molecular weight excluding hydrogens is 164 g/mol. The second-order valence-corrected chi connectivity index (χ2v) is 2.14. The summed E-state index contributed by atoms with van der Waals surface area (Å²) in [5, 5.41) is 8.30. The largest absolute Gasteiger partial charge is 0.277 e. The number of hydrogen-bond donors (Lipinski definition) is 0. The molecule has 0 aliphatic rings. The lowest BCUT2D eigenvalue weighted by molar-refractivity contribution is 0.105. The number of nitriles is 1. The summed E-state index contributed by atoms with van der Waals surface area (Å²) < 4.78 is 0. The zero-order valence-electron chi connectivity index (χ0n) is 5.41. The van der Waals surface area contributed by atoms with Gasteiger partial charge in [-0.05, 0) is 12.1 Å². The fourth-order valence-electron chi connectivity index (χ4n) is 0.616.